The van der Waals surface area contributed by atoms with Crippen LogP contribution in [-0.2, 0) is 22.6 Å². The lowest BCUT2D eigenvalue weighted by molar-refractivity contribution is -0.121. The summed E-state index contributed by atoms with van der Waals surface area (Å²) in [6.45, 7) is 6.10. The largest absolute Gasteiger partial charge is 0.450 e. The van der Waals surface area contributed by atoms with Crippen LogP contribution in [0.5, 0.6) is 0 Å². The number of aryl methyl sites for hydroxylation is 3. The first kappa shape index (κ1) is 29.3. The van der Waals surface area contributed by atoms with Gasteiger partial charge in [0.25, 0.3) is 11.8 Å². The number of hydrogen-bond donors (Lipinski definition) is 0. The molecule has 1 spiro atoms. The van der Waals surface area contributed by atoms with Gasteiger partial charge in [0.15, 0.2) is 15.3 Å². The highest BCUT2D eigenvalue weighted by Crippen LogP contribution is 2.55. The Balaban J connectivity index is 1.34. The van der Waals surface area contributed by atoms with Gasteiger partial charge in [-0.3, -0.25) is 19.3 Å². The Hall–Kier alpha value is -5.06. The number of rotatable bonds is 6. The molecule has 4 aromatic carbocycles. The molecule has 232 valence electrons. The average molecular weight is 657 g/mol. The molecule has 0 aliphatic carbocycles. The Kier molecular flexibility index (Phi) is 6.89. The number of fused-ring (bicyclic) bond motifs is 5. The summed E-state index contributed by atoms with van der Waals surface area (Å²) < 4.78 is 6.94. The van der Waals surface area contributed by atoms with Crippen molar-refractivity contribution in [1.29, 1.82) is 0 Å². The molecule has 0 saturated heterocycles. The van der Waals surface area contributed by atoms with Crippen molar-refractivity contribution in [1.82, 2.24) is 10.2 Å². The summed E-state index contributed by atoms with van der Waals surface area (Å²) >= 11 is 2.71. The van der Waals surface area contributed by atoms with Crippen LogP contribution in [0.2, 0.25) is 0 Å². The Morgan fingerprint density at radius 3 is 2.34 bits per heavy atom. The highest BCUT2D eigenvalue weighted by Gasteiger charge is 2.66. The van der Waals surface area contributed by atoms with Crippen LogP contribution < -0.4 is 15.2 Å². The van der Waals surface area contributed by atoms with Crippen LogP contribution in [0.1, 0.15) is 49.5 Å². The minimum Gasteiger partial charge on any atom is -0.450 e. The number of carbonyl (C=O) groups is 2. The molecule has 2 aliphatic rings. The predicted octanol–water partition coefficient (Wildman–Crippen LogP) is 7.31. The molecule has 0 N–H and O–H groups in total. The number of carbonyl (C=O) groups excluding carboxylic acids is 2. The van der Waals surface area contributed by atoms with Crippen molar-refractivity contribution in [3.8, 4) is 0 Å². The summed E-state index contributed by atoms with van der Waals surface area (Å²) in [5, 5.41) is 9.40. The van der Waals surface area contributed by atoms with Crippen molar-refractivity contribution >= 4 is 56.7 Å². The Morgan fingerprint density at radius 1 is 0.830 bits per heavy atom. The van der Waals surface area contributed by atoms with Gasteiger partial charge in [0.2, 0.25) is 10.9 Å². The molecule has 0 bridgehead atoms. The second-order valence-corrected chi connectivity index (χ2v) is 14.1. The lowest BCUT2D eigenvalue weighted by Crippen LogP contribution is -2.53. The quantitative estimate of drug-likeness (QED) is 0.137. The van der Waals surface area contributed by atoms with Crippen LogP contribution in [0.3, 0.4) is 0 Å². The van der Waals surface area contributed by atoms with E-state index in [4.69, 9.17) is 4.42 Å². The van der Waals surface area contributed by atoms with E-state index in [9.17, 15) is 9.59 Å². The molecule has 1 atom stereocenters. The van der Waals surface area contributed by atoms with Gasteiger partial charge < -0.3 is 9.32 Å². The number of amides is 2. The van der Waals surface area contributed by atoms with Gasteiger partial charge in [-0.2, -0.15) is 0 Å². The van der Waals surface area contributed by atoms with Crippen molar-refractivity contribution < 1.29 is 14.0 Å². The highest BCUT2D eigenvalue weighted by molar-refractivity contribution is 8.00. The van der Waals surface area contributed by atoms with E-state index in [2.05, 4.69) is 10.2 Å². The average Bonchev–Trinajstić information content (AvgIpc) is 3.71. The normalized spacial score (nSPS) is 16.8. The number of thioether (sulfide) groups is 1. The van der Waals surface area contributed by atoms with Gasteiger partial charge in [-0.25, -0.2) is 0 Å². The number of aromatic nitrogens is 2. The SMILES string of the molecule is Cc1ccc(CN2C(=O)C3(c4ccccc42)c2c(oc4cc(C)c(C)cc4c2=O)C(=O)N3c2nnc(SCc3ccccc3)s2)cc1. The van der Waals surface area contributed by atoms with Gasteiger partial charge in [0.05, 0.1) is 23.2 Å². The lowest BCUT2D eigenvalue weighted by atomic mass is 9.84. The minimum atomic E-state index is -1.83. The molecule has 2 amide bonds. The van der Waals surface area contributed by atoms with Crippen LogP contribution in [0.25, 0.3) is 11.0 Å². The lowest BCUT2D eigenvalue weighted by Gasteiger charge is -2.32. The fraction of sp³-hybridized carbons (Fsp3) is 0.162. The highest BCUT2D eigenvalue weighted by atomic mass is 32.2. The maximum Gasteiger partial charge on any atom is 0.297 e. The summed E-state index contributed by atoms with van der Waals surface area (Å²) in [5.41, 5.74) is 4.17. The molecule has 0 fully saturated rings. The molecule has 8 nitrogen and oxygen atoms in total. The van der Waals surface area contributed by atoms with Gasteiger partial charge in [-0.1, -0.05) is 101 Å². The number of benzene rings is 4. The molecule has 8 rings (SSSR count). The van der Waals surface area contributed by atoms with Gasteiger partial charge in [-0.15, -0.1) is 10.2 Å². The number of anilines is 2. The minimum absolute atomic E-state index is 0.01000. The molecule has 47 heavy (non-hydrogen) atoms. The molecule has 1 unspecified atom stereocenters. The zero-order chi connectivity index (χ0) is 32.4. The molecule has 2 aliphatic heterocycles. The van der Waals surface area contributed by atoms with Crippen molar-refractivity contribution in [3.05, 3.63) is 146 Å². The first-order chi connectivity index (χ1) is 22.8. The van der Waals surface area contributed by atoms with Crippen LogP contribution in [-0.4, -0.2) is 22.0 Å². The van der Waals surface area contributed by atoms with Gasteiger partial charge in [-0.05, 0) is 61.2 Å². The fourth-order valence-corrected chi connectivity index (χ4v) is 8.37. The van der Waals surface area contributed by atoms with Crippen LogP contribution in [0.4, 0.5) is 10.8 Å². The second-order valence-electron chi connectivity index (χ2n) is 11.9. The zero-order valence-corrected chi connectivity index (χ0v) is 27.4. The molecular formula is C37H28N4O4S2. The molecule has 2 aromatic heterocycles. The molecule has 0 radical (unpaired) electrons. The van der Waals surface area contributed by atoms with Crippen molar-refractivity contribution in [3.63, 3.8) is 0 Å². The van der Waals surface area contributed by atoms with Gasteiger partial charge >= 0.3 is 0 Å². The first-order valence-electron chi connectivity index (χ1n) is 15.2. The Morgan fingerprint density at radius 2 is 1.55 bits per heavy atom. The van der Waals surface area contributed by atoms with Crippen LogP contribution in [0, 0.1) is 20.8 Å². The fourth-order valence-electron chi connectivity index (χ4n) is 6.52. The maximum atomic E-state index is 15.2. The van der Waals surface area contributed by atoms with E-state index in [1.54, 1.807) is 17.0 Å². The summed E-state index contributed by atoms with van der Waals surface area (Å²) in [6, 6.07) is 28.8. The zero-order valence-electron chi connectivity index (χ0n) is 25.8. The van der Waals surface area contributed by atoms with Crippen LogP contribution in [0.15, 0.2) is 105 Å². The van der Waals surface area contributed by atoms with E-state index < -0.39 is 22.8 Å². The number of nitrogens with zero attached hydrogens (tertiary/aromatic N) is 4. The maximum absolute atomic E-state index is 15.2. The summed E-state index contributed by atoms with van der Waals surface area (Å²) in [6.07, 6.45) is 0. The van der Waals surface area contributed by atoms with E-state index in [1.165, 1.54) is 28.0 Å². The van der Waals surface area contributed by atoms with Gasteiger partial charge in [0, 0.05) is 11.3 Å². The van der Waals surface area contributed by atoms with Crippen LogP contribution >= 0.6 is 23.1 Å². The summed E-state index contributed by atoms with van der Waals surface area (Å²) in [7, 11) is 0. The molecule has 4 heterocycles. The van der Waals surface area contributed by atoms with E-state index in [1.807, 2.05) is 99.6 Å². The smallest absolute Gasteiger partial charge is 0.297 e. The van der Waals surface area contributed by atoms with E-state index in [0.29, 0.717) is 32.3 Å². The van der Waals surface area contributed by atoms with Crippen molar-refractivity contribution in [2.75, 3.05) is 9.80 Å². The Labute approximate surface area is 278 Å². The topological polar surface area (TPSA) is 96.6 Å². The standard InChI is InChI=1S/C37H28N4O4S2/c1-21-13-15-24(16-14-21)19-40-28-12-8-7-11-27(28)37(34(40)44)30-31(42)26-17-22(2)23(3)18-29(26)45-32(30)33(43)41(37)35-38-39-36(47-35)46-20-25-9-5-4-6-10-25/h4-18H,19-20H2,1-3H3. The first-order valence-corrected chi connectivity index (χ1v) is 17.0. The van der Waals surface area contributed by atoms with Crippen molar-refractivity contribution in [2.45, 2.75) is 42.9 Å². The summed E-state index contributed by atoms with van der Waals surface area (Å²) in [4.78, 5) is 47.4. The Bertz CT molecular complexity index is 2300. The molecule has 0 saturated carbocycles. The number of hydrogen-bond acceptors (Lipinski definition) is 8. The van der Waals surface area contributed by atoms with E-state index in [0.717, 1.165) is 27.8 Å². The van der Waals surface area contributed by atoms with E-state index >= 15 is 4.79 Å². The molecule has 6 aromatic rings. The monoisotopic (exact) mass is 656 g/mol. The number of para-hydroxylation sites is 1. The molecular weight excluding hydrogens is 629 g/mol. The summed E-state index contributed by atoms with van der Waals surface area (Å²) in [5.74, 6) is -0.519. The third kappa shape index (κ3) is 4.46. The third-order valence-corrected chi connectivity index (χ3v) is 11.1. The van der Waals surface area contributed by atoms with E-state index in [-0.39, 0.29) is 23.0 Å². The predicted molar refractivity (Wildman–Crippen MR) is 184 cm³/mol. The van der Waals surface area contributed by atoms with Gasteiger partial charge in [0.1, 0.15) is 5.58 Å². The second kappa shape index (κ2) is 11.0. The third-order valence-electron chi connectivity index (χ3n) is 8.99. The molecule has 10 heteroatoms. The van der Waals surface area contributed by atoms with Crippen molar-refractivity contribution in [2.24, 2.45) is 0 Å².